The van der Waals surface area contributed by atoms with Crippen LogP contribution in [0.4, 0.5) is 0 Å². The Morgan fingerprint density at radius 3 is 3.05 bits per heavy atom. The number of nitrogens with zero attached hydrogens (tertiary/aromatic N) is 3. The summed E-state index contributed by atoms with van der Waals surface area (Å²) in [4.78, 5) is 4.67. The molecule has 120 valence electrons. The Hall–Kier alpha value is -1.24. The molecule has 3 rings (SSSR count). The Morgan fingerprint density at radius 2 is 2.36 bits per heavy atom. The lowest BCUT2D eigenvalue weighted by molar-refractivity contribution is 0.0904. The van der Waals surface area contributed by atoms with Crippen molar-refractivity contribution in [3.8, 4) is 0 Å². The average molecular weight is 320 g/mol. The zero-order valence-corrected chi connectivity index (χ0v) is 14.3. The second-order valence-corrected chi connectivity index (χ2v) is 7.14. The SMILES string of the molecule is CC(C)c1nc(CNCC2CCOC2c2cnn(C)c2)cs1. The minimum Gasteiger partial charge on any atom is -0.373 e. The molecule has 6 heteroatoms. The van der Waals surface area contributed by atoms with Crippen LogP contribution in [0.3, 0.4) is 0 Å². The third kappa shape index (κ3) is 3.56. The molecule has 5 nitrogen and oxygen atoms in total. The van der Waals surface area contributed by atoms with E-state index in [1.807, 2.05) is 17.9 Å². The number of thiazole rings is 1. The van der Waals surface area contributed by atoms with E-state index < -0.39 is 0 Å². The standard InChI is InChI=1S/C16H24N4OS/c1-11(2)16-19-14(10-22-16)8-17-6-12-4-5-21-15(12)13-7-18-20(3)9-13/h7,9-12,15,17H,4-6,8H2,1-3H3. The van der Waals surface area contributed by atoms with Crippen LogP contribution in [0.2, 0.25) is 0 Å². The number of hydrogen-bond donors (Lipinski definition) is 1. The molecule has 2 unspecified atom stereocenters. The molecule has 2 aromatic rings. The summed E-state index contributed by atoms with van der Waals surface area (Å²) in [6.07, 6.45) is 5.24. The molecule has 0 spiro atoms. The van der Waals surface area contributed by atoms with E-state index in [0.29, 0.717) is 11.8 Å². The fourth-order valence-corrected chi connectivity index (χ4v) is 3.69. The van der Waals surface area contributed by atoms with Gasteiger partial charge in [-0.3, -0.25) is 4.68 Å². The number of rotatable bonds is 6. The van der Waals surface area contributed by atoms with Crippen LogP contribution in [0.25, 0.3) is 0 Å². The van der Waals surface area contributed by atoms with Crippen molar-refractivity contribution in [1.82, 2.24) is 20.1 Å². The molecule has 0 bridgehead atoms. The van der Waals surface area contributed by atoms with Crippen LogP contribution in [0.15, 0.2) is 17.8 Å². The summed E-state index contributed by atoms with van der Waals surface area (Å²) in [6.45, 7) is 6.99. The molecule has 0 radical (unpaired) electrons. The summed E-state index contributed by atoms with van der Waals surface area (Å²) < 4.78 is 7.73. The largest absolute Gasteiger partial charge is 0.373 e. The first-order valence-corrected chi connectivity index (χ1v) is 8.76. The monoisotopic (exact) mass is 320 g/mol. The molecule has 0 aliphatic carbocycles. The fourth-order valence-electron chi connectivity index (χ4n) is 2.85. The van der Waals surface area contributed by atoms with Crippen molar-refractivity contribution in [3.05, 3.63) is 34.0 Å². The minimum absolute atomic E-state index is 0.169. The first-order valence-electron chi connectivity index (χ1n) is 7.88. The topological polar surface area (TPSA) is 52.0 Å². The smallest absolute Gasteiger partial charge is 0.0954 e. The van der Waals surface area contributed by atoms with Gasteiger partial charge in [-0.1, -0.05) is 13.8 Å². The third-order valence-corrected chi connectivity index (χ3v) is 5.24. The zero-order valence-electron chi connectivity index (χ0n) is 13.5. The first kappa shape index (κ1) is 15.6. The average Bonchev–Trinajstić information content (AvgIpc) is 3.18. The van der Waals surface area contributed by atoms with Crippen LogP contribution >= 0.6 is 11.3 Å². The molecular formula is C16H24N4OS. The number of hydrogen-bond acceptors (Lipinski definition) is 5. The van der Waals surface area contributed by atoms with Crippen LogP contribution in [-0.4, -0.2) is 27.9 Å². The highest BCUT2D eigenvalue weighted by atomic mass is 32.1. The van der Waals surface area contributed by atoms with Crippen molar-refractivity contribution in [3.63, 3.8) is 0 Å². The number of aryl methyl sites for hydroxylation is 1. The molecule has 3 heterocycles. The van der Waals surface area contributed by atoms with E-state index in [9.17, 15) is 0 Å². The van der Waals surface area contributed by atoms with E-state index in [1.54, 1.807) is 11.3 Å². The minimum atomic E-state index is 0.169. The van der Waals surface area contributed by atoms with Gasteiger partial charge in [0.25, 0.3) is 0 Å². The van der Waals surface area contributed by atoms with Crippen molar-refractivity contribution < 1.29 is 4.74 Å². The maximum absolute atomic E-state index is 5.90. The second-order valence-electron chi connectivity index (χ2n) is 6.25. The van der Waals surface area contributed by atoms with E-state index >= 15 is 0 Å². The van der Waals surface area contributed by atoms with E-state index in [-0.39, 0.29) is 6.10 Å². The summed E-state index contributed by atoms with van der Waals surface area (Å²) in [5.74, 6) is 1.02. The van der Waals surface area contributed by atoms with E-state index in [2.05, 4.69) is 40.8 Å². The van der Waals surface area contributed by atoms with Crippen molar-refractivity contribution in [2.45, 2.75) is 38.8 Å². The highest BCUT2D eigenvalue weighted by Gasteiger charge is 2.30. The third-order valence-electron chi connectivity index (χ3n) is 4.04. The van der Waals surface area contributed by atoms with Gasteiger partial charge < -0.3 is 10.1 Å². The lowest BCUT2D eigenvalue weighted by Crippen LogP contribution is -2.24. The van der Waals surface area contributed by atoms with Crippen molar-refractivity contribution in [2.75, 3.05) is 13.2 Å². The second kappa shape index (κ2) is 6.89. The summed E-state index contributed by atoms with van der Waals surface area (Å²) in [7, 11) is 1.94. The Morgan fingerprint density at radius 1 is 1.50 bits per heavy atom. The summed E-state index contributed by atoms with van der Waals surface area (Å²) in [5, 5.41) is 11.2. The summed E-state index contributed by atoms with van der Waals surface area (Å²) in [5.41, 5.74) is 2.33. The predicted octanol–water partition coefficient (Wildman–Crippen LogP) is 2.87. The van der Waals surface area contributed by atoms with Crippen molar-refractivity contribution >= 4 is 11.3 Å². The highest BCUT2D eigenvalue weighted by molar-refractivity contribution is 7.09. The molecule has 1 N–H and O–H groups in total. The van der Waals surface area contributed by atoms with Crippen LogP contribution in [0.1, 0.15) is 48.6 Å². The predicted molar refractivity (Wildman–Crippen MR) is 87.9 cm³/mol. The van der Waals surface area contributed by atoms with Gasteiger partial charge in [-0.25, -0.2) is 4.98 Å². The van der Waals surface area contributed by atoms with Gasteiger partial charge in [0.15, 0.2) is 0 Å². The molecule has 0 aromatic carbocycles. The van der Waals surface area contributed by atoms with E-state index in [0.717, 1.165) is 31.8 Å². The Kier molecular flexibility index (Phi) is 4.90. The summed E-state index contributed by atoms with van der Waals surface area (Å²) in [6, 6.07) is 0. The Labute approximate surface area is 135 Å². The van der Waals surface area contributed by atoms with Gasteiger partial charge in [0.1, 0.15) is 0 Å². The van der Waals surface area contributed by atoms with Crippen LogP contribution in [0, 0.1) is 5.92 Å². The maximum atomic E-state index is 5.90. The molecule has 2 atom stereocenters. The normalized spacial score (nSPS) is 21.8. The van der Waals surface area contributed by atoms with Gasteiger partial charge in [-0.15, -0.1) is 11.3 Å². The van der Waals surface area contributed by atoms with Crippen molar-refractivity contribution in [1.29, 1.82) is 0 Å². The van der Waals surface area contributed by atoms with Gasteiger partial charge in [0.2, 0.25) is 0 Å². The molecule has 2 aromatic heterocycles. The zero-order chi connectivity index (χ0) is 15.5. The Bertz CT molecular complexity index is 607. The molecular weight excluding hydrogens is 296 g/mol. The van der Waals surface area contributed by atoms with Crippen LogP contribution in [0.5, 0.6) is 0 Å². The lowest BCUT2D eigenvalue weighted by atomic mass is 9.97. The van der Waals surface area contributed by atoms with Gasteiger partial charge in [-0.2, -0.15) is 5.10 Å². The molecule has 1 aliphatic rings. The Balaban J connectivity index is 1.52. The number of ether oxygens (including phenoxy) is 1. The molecule has 0 amide bonds. The van der Waals surface area contributed by atoms with Crippen molar-refractivity contribution in [2.24, 2.45) is 13.0 Å². The molecule has 22 heavy (non-hydrogen) atoms. The highest BCUT2D eigenvalue weighted by Crippen LogP contribution is 2.33. The van der Waals surface area contributed by atoms with Gasteiger partial charge >= 0.3 is 0 Å². The van der Waals surface area contributed by atoms with E-state index in [4.69, 9.17) is 4.74 Å². The first-order chi connectivity index (χ1) is 10.6. The quantitative estimate of drug-likeness (QED) is 0.889. The van der Waals surface area contributed by atoms with Gasteiger partial charge in [0.05, 0.1) is 23.0 Å². The number of nitrogens with one attached hydrogen (secondary N) is 1. The molecule has 0 saturated carbocycles. The summed E-state index contributed by atoms with van der Waals surface area (Å²) >= 11 is 1.75. The maximum Gasteiger partial charge on any atom is 0.0954 e. The lowest BCUT2D eigenvalue weighted by Gasteiger charge is -2.17. The van der Waals surface area contributed by atoms with E-state index in [1.165, 1.54) is 10.6 Å². The van der Waals surface area contributed by atoms with Gasteiger partial charge in [0, 0.05) is 55.7 Å². The molecule has 1 saturated heterocycles. The molecule has 1 fully saturated rings. The fraction of sp³-hybridized carbons (Fsp3) is 0.625. The number of aromatic nitrogens is 3. The van der Waals surface area contributed by atoms with Gasteiger partial charge in [-0.05, 0) is 6.42 Å². The molecule has 1 aliphatic heterocycles. The van der Waals surface area contributed by atoms with Crippen LogP contribution in [-0.2, 0) is 18.3 Å². The van der Waals surface area contributed by atoms with Crippen LogP contribution < -0.4 is 5.32 Å².